The average Bonchev–Trinajstić information content (AvgIpc) is 3.17. The molecule has 0 radical (unpaired) electrons. The number of halogens is 1. The summed E-state index contributed by atoms with van der Waals surface area (Å²) >= 11 is 6.22. The highest BCUT2D eigenvalue weighted by molar-refractivity contribution is 6.31. The minimum Gasteiger partial charge on any atom is -0.489 e. The van der Waals surface area contributed by atoms with Gasteiger partial charge in [-0.15, -0.1) is 0 Å². The number of ether oxygens (including phenoxy) is 1. The molecule has 2 saturated heterocycles. The van der Waals surface area contributed by atoms with Crippen LogP contribution in [0.2, 0.25) is 5.02 Å². The maximum atomic E-state index is 6.22. The fraction of sp³-hybridized carbons (Fsp3) is 0.455. The Balaban J connectivity index is 1.31. The number of benzene rings is 2. The third kappa shape index (κ3) is 5.02. The summed E-state index contributed by atoms with van der Waals surface area (Å²) in [5.41, 5.74) is 2.33. The van der Waals surface area contributed by atoms with Crippen LogP contribution in [0.5, 0.6) is 5.75 Å². The SMILES string of the molecule is Clc1ccccc1COc1cccc(CN2CCC(N3CCNCC3)C2)c1. The first kappa shape index (κ1) is 18.8. The van der Waals surface area contributed by atoms with Gasteiger partial charge in [0.2, 0.25) is 0 Å². The van der Waals surface area contributed by atoms with Gasteiger partial charge < -0.3 is 10.1 Å². The van der Waals surface area contributed by atoms with E-state index < -0.39 is 0 Å². The number of hydrogen-bond donors (Lipinski definition) is 1. The van der Waals surface area contributed by atoms with Crippen molar-refractivity contribution in [3.8, 4) is 5.75 Å². The molecule has 0 aromatic heterocycles. The molecule has 144 valence electrons. The zero-order valence-electron chi connectivity index (χ0n) is 15.7. The summed E-state index contributed by atoms with van der Waals surface area (Å²) in [6, 6.07) is 17.0. The van der Waals surface area contributed by atoms with E-state index in [1.54, 1.807) is 0 Å². The largest absolute Gasteiger partial charge is 0.489 e. The Morgan fingerprint density at radius 3 is 2.74 bits per heavy atom. The Morgan fingerprint density at radius 2 is 1.89 bits per heavy atom. The molecule has 4 rings (SSSR count). The number of nitrogens with zero attached hydrogens (tertiary/aromatic N) is 2. The molecule has 2 fully saturated rings. The van der Waals surface area contributed by atoms with Crippen LogP contribution in [0.4, 0.5) is 0 Å². The number of nitrogens with one attached hydrogen (secondary N) is 1. The van der Waals surface area contributed by atoms with Gasteiger partial charge in [0.25, 0.3) is 0 Å². The minimum absolute atomic E-state index is 0.498. The van der Waals surface area contributed by atoms with Crippen molar-refractivity contribution in [1.29, 1.82) is 0 Å². The second kappa shape index (κ2) is 9.07. The second-order valence-corrected chi connectivity index (χ2v) is 7.90. The Labute approximate surface area is 167 Å². The lowest BCUT2D eigenvalue weighted by molar-refractivity contribution is 0.170. The summed E-state index contributed by atoms with van der Waals surface area (Å²) in [6.07, 6.45) is 1.28. The van der Waals surface area contributed by atoms with Gasteiger partial charge in [0.1, 0.15) is 12.4 Å². The third-order valence-corrected chi connectivity index (χ3v) is 5.94. The van der Waals surface area contributed by atoms with E-state index in [-0.39, 0.29) is 0 Å². The summed E-state index contributed by atoms with van der Waals surface area (Å²) in [7, 11) is 0. The lowest BCUT2D eigenvalue weighted by Crippen LogP contribution is -2.49. The molecule has 1 atom stereocenters. The maximum absolute atomic E-state index is 6.22. The molecular formula is C22H28ClN3O. The molecule has 2 aromatic carbocycles. The Bertz CT molecular complexity index is 748. The van der Waals surface area contributed by atoms with Gasteiger partial charge in [-0.3, -0.25) is 9.80 Å². The molecule has 0 saturated carbocycles. The van der Waals surface area contributed by atoms with Crippen LogP contribution in [0, 0.1) is 0 Å². The van der Waals surface area contributed by atoms with Gasteiger partial charge in [0.05, 0.1) is 0 Å². The molecule has 5 heteroatoms. The van der Waals surface area contributed by atoms with E-state index in [4.69, 9.17) is 16.3 Å². The van der Waals surface area contributed by atoms with E-state index in [0.29, 0.717) is 12.6 Å². The highest BCUT2D eigenvalue weighted by atomic mass is 35.5. The van der Waals surface area contributed by atoms with Crippen molar-refractivity contribution in [1.82, 2.24) is 15.1 Å². The quantitative estimate of drug-likeness (QED) is 0.824. The average molecular weight is 386 g/mol. The molecule has 0 aliphatic carbocycles. The molecule has 2 aliphatic rings. The van der Waals surface area contributed by atoms with Crippen LogP contribution >= 0.6 is 11.6 Å². The zero-order chi connectivity index (χ0) is 18.5. The van der Waals surface area contributed by atoms with Gasteiger partial charge >= 0.3 is 0 Å². The van der Waals surface area contributed by atoms with Gasteiger partial charge in [-0.25, -0.2) is 0 Å². The first-order valence-electron chi connectivity index (χ1n) is 9.90. The van der Waals surface area contributed by atoms with Gasteiger partial charge in [0.15, 0.2) is 0 Å². The van der Waals surface area contributed by atoms with E-state index in [9.17, 15) is 0 Å². The second-order valence-electron chi connectivity index (χ2n) is 7.49. The van der Waals surface area contributed by atoms with E-state index in [1.165, 1.54) is 38.2 Å². The van der Waals surface area contributed by atoms with Crippen molar-refractivity contribution in [3.63, 3.8) is 0 Å². The van der Waals surface area contributed by atoms with Crippen LogP contribution in [0.25, 0.3) is 0 Å². The molecular weight excluding hydrogens is 358 g/mol. The lowest BCUT2D eigenvalue weighted by Gasteiger charge is -2.32. The van der Waals surface area contributed by atoms with Gasteiger partial charge in [-0.2, -0.15) is 0 Å². The van der Waals surface area contributed by atoms with Gasteiger partial charge in [0, 0.05) is 62.4 Å². The zero-order valence-corrected chi connectivity index (χ0v) is 16.5. The van der Waals surface area contributed by atoms with E-state index >= 15 is 0 Å². The number of likely N-dealkylation sites (tertiary alicyclic amines) is 1. The normalized spacial score (nSPS) is 21.4. The smallest absolute Gasteiger partial charge is 0.120 e. The molecule has 1 unspecified atom stereocenters. The third-order valence-electron chi connectivity index (χ3n) is 5.57. The number of piperazine rings is 1. The molecule has 1 N–H and O–H groups in total. The lowest BCUT2D eigenvalue weighted by atomic mass is 10.2. The molecule has 0 bridgehead atoms. The molecule has 4 nitrogen and oxygen atoms in total. The van der Waals surface area contributed by atoms with Crippen molar-refractivity contribution in [2.45, 2.75) is 25.6 Å². The van der Waals surface area contributed by atoms with Crippen molar-refractivity contribution in [2.75, 3.05) is 39.3 Å². The molecule has 2 heterocycles. The van der Waals surface area contributed by atoms with Crippen LogP contribution in [0.15, 0.2) is 48.5 Å². The number of rotatable bonds is 6. The van der Waals surface area contributed by atoms with Crippen LogP contribution in [-0.2, 0) is 13.2 Å². The van der Waals surface area contributed by atoms with E-state index in [1.807, 2.05) is 30.3 Å². The Morgan fingerprint density at radius 1 is 1.04 bits per heavy atom. The van der Waals surface area contributed by atoms with Crippen molar-refractivity contribution in [3.05, 3.63) is 64.7 Å². The summed E-state index contributed by atoms with van der Waals surface area (Å²) in [6.45, 7) is 8.46. The highest BCUT2D eigenvalue weighted by Crippen LogP contribution is 2.22. The fourth-order valence-corrected chi connectivity index (χ4v) is 4.26. The topological polar surface area (TPSA) is 27.7 Å². The fourth-order valence-electron chi connectivity index (χ4n) is 4.07. The van der Waals surface area contributed by atoms with Crippen LogP contribution in [0.3, 0.4) is 0 Å². The summed E-state index contributed by atoms with van der Waals surface area (Å²) in [5, 5.41) is 4.20. The van der Waals surface area contributed by atoms with E-state index in [0.717, 1.165) is 36.0 Å². The monoisotopic (exact) mass is 385 g/mol. The highest BCUT2D eigenvalue weighted by Gasteiger charge is 2.28. The molecule has 0 amide bonds. The summed E-state index contributed by atoms with van der Waals surface area (Å²) in [5.74, 6) is 0.908. The standard InChI is InChI=1S/C22H28ClN3O/c23-22-7-2-1-5-19(22)17-27-21-6-3-4-18(14-21)15-25-11-8-20(16-25)26-12-9-24-10-13-26/h1-7,14,20,24H,8-13,15-17H2. The Kier molecular flexibility index (Phi) is 6.30. The first-order chi connectivity index (χ1) is 13.3. The first-order valence-corrected chi connectivity index (χ1v) is 10.3. The van der Waals surface area contributed by atoms with Gasteiger partial charge in [-0.1, -0.05) is 41.9 Å². The van der Waals surface area contributed by atoms with Crippen LogP contribution in [-0.4, -0.2) is 55.1 Å². The predicted molar refractivity (Wildman–Crippen MR) is 110 cm³/mol. The van der Waals surface area contributed by atoms with E-state index in [2.05, 4.69) is 33.3 Å². The minimum atomic E-state index is 0.498. The summed E-state index contributed by atoms with van der Waals surface area (Å²) < 4.78 is 5.98. The van der Waals surface area contributed by atoms with Crippen molar-refractivity contribution in [2.24, 2.45) is 0 Å². The van der Waals surface area contributed by atoms with Crippen LogP contribution in [0.1, 0.15) is 17.5 Å². The molecule has 2 aromatic rings. The van der Waals surface area contributed by atoms with Crippen molar-refractivity contribution < 1.29 is 4.74 Å². The van der Waals surface area contributed by atoms with Crippen molar-refractivity contribution >= 4 is 11.6 Å². The van der Waals surface area contributed by atoms with Gasteiger partial charge in [-0.05, 0) is 30.2 Å². The summed E-state index contributed by atoms with van der Waals surface area (Å²) in [4.78, 5) is 5.22. The molecule has 27 heavy (non-hydrogen) atoms. The molecule has 0 spiro atoms. The van der Waals surface area contributed by atoms with Crippen LogP contribution < -0.4 is 10.1 Å². The molecule has 2 aliphatic heterocycles. The maximum Gasteiger partial charge on any atom is 0.120 e. The predicted octanol–water partition coefficient (Wildman–Crippen LogP) is 3.40. The Hall–Kier alpha value is -1.59. The number of hydrogen-bond acceptors (Lipinski definition) is 4.